The normalized spacial score (nSPS) is 11.6. The van der Waals surface area contributed by atoms with E-state index in [2.05, 4.69) is 26.0 Å². The van der Waals surface area contributed by atoms with Crippen molar-refractivity contribution in [2.24, 2.45) is 7.05 Å². The van der Waals surface area contributed by atoms with Gasteiger partial charge in [-0.15, -0.1) is 0 Å². The van der Waals surface area contributed by atoms with Gasteiger partial charge < -0.3 is 9.55 Å². The fourth-order valence-corrected chi connectivity index (χ4v) is 3.82. The standard InChI is InChI=1S/C25H21N7O/c1-25(2,14-26)18-4-6-19(7-5-18)32-22(13-31(3)24(32)33)20-10-16(8-9-27-20)17-11-21-23(28-12-17)30-15-29-21/h4-13,15H,1-3H3,(H,28,29,30). The van der Waals surface area contributed by atoms with Crippen LogP contribution in [0.15, 0.2) is 72.2 Å². The Labute approximate surface area is 189 Å². The minimum Gasteiger partial charge on any atom is -0.343 e. The second-order valence-corrected chi connectivity index (χ2v) is 8.45. The molecule has 0 saturated heterocycles. The zero-order valence-corrected chi connectivity index (χ0v) is 18.4. The van der Waals surface area contributed by atoms with Crippen molar-refractivity contribution in [3.8, 4) is 34.3 Å². The van der Waals surface area contributed by atoms with E-state index in [9.17, 15) is 10.1 Å². The third kappa shape index (κ3) is 3.49. The summed E-state index contributed by atoms with van der Waals surface area (Å²) in [6.07, 6.45) is 6.89. The summed E-state index contributed by atoms with van der Waals surface area (Å²) >= 11 is 0. The highest BCUT2D eigenvalue weighted by Crippen LogP contribution is 2.28. The van der Waals surface area contributed by atoms with Crippen LogP contribution < -0.4 is 5.69 Å². The summed E-state index contributed by atoms with van der Waals surface area (Å²) in [4.78, 5) is 29.2. The van der Waals surface area contributed by atoms with E-state index < -0.39 is 5.41 Å². The molecule has 0 unspecified atom stereocenters. The number of imidazole rings is 2. The Bertz CT molecular complexity index is 1580. The Morgan fingerprint density at radius 3 is 2.58 bits per heavy atom. The summed E-state index contributed by atoms with van der Waals surface area (Å²) in [5, 5.41) is 9.41. The summed E-state index contributed by atoms with van der Waals surface area (Å²) in [6.45, 7) is 3.74. The van der Waals surface area contributed by atoms with E-state index in [1.165, 1.54) is 4.57 Å². The van der Waals surface area contributed by atoms with E-state index in [4.69, 9.17) is 0 Å². The van der Waals surface area contributed by atoms with Crippen LogP contribution in [-0.4, -0.2) is 29.1 Å². The second-order valence-electron chi connectivity index (χ2n) is 8.45. The highest BCUT2D eigenvalue weighted by molar-refractivity contribution is 5.78. The van der Waals surface area contributed by atoms with E-state index in [1.54, 1.807) is 36.5 Å². The lowest BCUT2D eigenvalue weighted by atomic mass is 9.86. The Morgan fingerprint density at radius 2 is 1.82 bits per heavy atom. The van der Waals surface area contributed by atoms with Gasteiger partial charge in [0, 0.05) is 31.2 Å². The Balaban J connectivity index is 1.60. The molecular formula is C25H21N7O. The SMILES string of the molecule is Cn1cc(-c2cc(-c3cnc4nc[nH]c4c3)ccn2)n(-c2ccc(C(C)(C)C#N)cc2)c1=O. The lowest BCUT2D eigenvalue weighted by Gasteiger charge is -2.16. The van der Waals surface area contributed by atoms with Gasteiger partial charge in [-0.25, -0.2) is 14.8 Å². The van der Waals surface area contributed by atoms with E-state index in [1.807, 2.05) is 56.3 Å². The molecule has 4 aromatic heterocycles. The first kappa shape index (κ1) is 20.4. The molecule has 5 rings (SSSR count). The molecular weight excluding hydrogens is 414 g/mol. The monoisotopic (exact) mass is 435 g/mol. The fraction of sp³-hybridized carbons (Fsp3) is 0.160. The van der Waals surface area contributed by atoms with Crippen LogP contribution in [0.3, 0.4) is 0 Å². The van der Waals surface area contributed by atoms with Crippen LogP contribution in [0.2, 0.25) is 0 Å². The molecule has 33 heavy (non-hydrogen) atoms. The molecule has 0 spiro atoms. The molecule has 0 aliphatic rings. The largest absolute Gasteiger partial charge is 0.343 e. The molecule has 0 fully saturated rings. The fourth-order valence-electron chi connectivity index (χ4n) is 3.82. The summed E-state index contributed by atoms with van der Waals surface area (Å²) in [5.41, 5.74) is 5.51. The number of benzene rings is 1. The highest BCUT2D eigenvalue weighted by atomic mass is 16.1. The molecule has 4 heterocycles. The summed E-state index contributed by atoms with van der Waals surface area (Å²) in [6, 6.07) is 15.6. The van der Waals surface area contributed by atoms with E-state index in [0.29, 0.717) is 22.7 Å². The van der Waals surface area contributed by atoms with E-state index >= 15 is 0 Å². The maximum Gasteiger partial charge on any atom is 0.333 e. The van der Waals surface area contributed by atoms with Crippen molar-refractivity contribution in [2.45, 2.75) is 19.3 Å². The Hall–Kier alpha value is -4.51. The van der Waals surface area contributed by atoms with Crippen LogP contribution in [0, 0.1) is 11.3 Å². The Morgan fingerprint density at radius 1 is 1.03 bits per heavy atom. The first-order chi connectivity index (χ1) is 15.9. The molecule has 8 heteroatoms. The van der Waals surface area contributed by atoms with Gasteiger partial charge >= 0.3 is 5.69 Å². The quantitative estimate of drug-likeness (QED) is 0.460. The molecule has 1 aromatic carbocycles. The van der Waals surface area contributed by atoms with Gasteiger partial charge in [0.25, 0.3) is 0 Å². The van der Waals surface area contributed by atoms with Crippen LogP contribution in [0.25, 0.3) is 39.4 Å². The molecule has 0 bridgehead atoms. The van der Waals surface area contributed by atoms with Crippen molar-refractivity contribution in [3.05, 3.63) is 83.4 Å². The number of aromatic amines is 1. The number of aromatic nitrogens is 6. The van der Waals surface area contributed by atoms with Gasteiger partial charge in [-0.1, -0.05) is 12.1 Å². The van der Waals surface area contributed by atoms with Crippen molar-refractivity contribution in [3.63, 3.8) is 0 Å². The van der Waals surface area contributed by atoms with Gasteiger partial charge in [0.1, 0.15) is 0 Å². The third-order valence-corrected chi connectivity index (χ3v) is 5.81. The molecule has 0 aliphatic carbocycles. The number of fused-ring (bicyclic) bond motifs is 1. The average molecular weight is 435 g/mol. The van der Waals surface area contributed by atoms with Crippen molar-refractivity contribution in [2.75, 3.05) is 0 Å². The molecule has 8 nitrogen and oxygen atoms in total. The predicted octanol–water partition coefficient (Wildman–Crippen LogP) is 3.98. The van der Waals surface area contributed by atoms with Crippen LogP contribution in [0.1, 0.15) is 19.4 Å². The zero-order chi connectivity index (χ0) is 23.2. The van der Waals surface area contributed by atoms with Crippen LogP contribution in [-0.2, 0) is 12.5 Å². The van der Waals surface area contributed by atoms with Gasteiger partial charge in [0.2, 0.25) is 0 Å². The van der Waals surface area contributed by atoms with Crippen LogP contribution >= 0.6 is 0 Å². The molecule has 162 valence electrons. The zero-order valence-electron chi connectivity index (χ0n) is 18.4. The number of nitrogens with zero attached hydrogens (tertiary/aromatic N) is 6. The molecule has 0 saturated carbocycles. The van der Waals surface area contributed by atoms with Crippen molar-refractivity contribution < 1.29 is 0 Å². The first-order valence-electron chi connectivity index (χ1n) is 10.4. The number of nitrogens with one attached hydrogen (secondary N) is 1. The van der Waals surface area contributed by atoms with Gasteiger partial charge in [-0.2, -0.15) is 5.26 Å². The minimum absolute atomic E-state index is 0.176. The van der Waals surface area contributed by atoms with Gasteiger partial charge in [0.15, 0.2) is 5.65 Å². The average Bonchev–Trinajstić information content (AvgIpc) is 3.43. The van der Waals surface area contributed by atoms with Crippen molar-refractivity contribution >= 4 is 11.2 Å². The molecule has 5 aromatic rings. The Kier molecular flexibility index (Phi) is 4.68. The molecule has 0 radical (unpaired) electrons. The lowest BCUT2D eigenvalue weighted by molar-refractivity contribution is 0.686. The van der Waals surface area contributed by atoms with Crippen molar-refractivity contribution in [1.29, 1.82) is 5.26 Å². The summed E-state index contributed by atoms with van der Waals surface area (Å²) in [5.74, 6) is 0. The van der Waals surface area contributed by atoms with Crippen LogP contribution in [0.4, 0.5) is 0 Å². The predicted molar refractivity (Wildman–Crippen MR) is 126 cm³/mol. The molecule has 1 N–H and O–H groups in total. The summed E-state index contributed by atoms with van der Waals surface area (Å²) < 4.78 is 3.17. The number of H-pyrrole nitrogens is 1. The number of pyridine rings is 2. The maximum absolute atomic E-state index is 13.0. The number of hydrogen-bond acceptors (Lipinski definition) is 5. The van der Waals surface area contributed by atoms with Crippen molar-refractivity contribution in [1.82, 2.24) is 29.1 Å². The van der Waals surface area contributed by atoms with E-state index in [-0.39, 0.29) is 5.69 Å². The lowest BCUT2D eigenvalue weighted by Crippen LogP contribution is -2.21. The third-order valence-electron chi connectivity index (χ3n) is 5.81. The maximum atomic E-state index is 13.0. The van der Waals surface area contributed by atoms with E-state index in [0.717, 1.165) is 22.2 Å². The number of nitriles is 1. The first-order valence-corrected chi connectivity index (χ1v) is 10.4. The minimum atomic E-state index is -0.608. The van der Waals surface area contributed by atoms with Crippen LogP contribution in [0.5, 0.6) is 0 Å². The second kappa shape index (κ2) is 7.57. The highest BCUT2D eigenvalue weighted by Gasteiger charge is 2.20. The molecule has 0 atom stereocenters. The van der Waals surface area contributed by atoms with Gasteiger partial charge in [-0.05, 0) is 55.3 Å². The van der Waals surface area contributed by atoms with Gasteiger partial charge in [-0.3, -0.25) is 9.55 Å². The smallest absolute Gasteiger partial charge is 0.333 e. The number of rotatable bonds is 4. The van der Waals surface area contributed by atoms with Gasteiger partial charge in [0.05, 0.1) is 40.4 Å². The number of hydrogen-bond donors (Lipinski definition) is 1. The number of aryl methyl sites for hydroxylation is 1. The summed E-state index contributed by atoms with van der Waals surface area (Å²) in [7, 11) is 1.72. The topological polar surface area (TPSA) is 105 Å². The molecule has 0 amide bonds. The molecule has 0 aliphatic heterocycles.